The lowest BCUT2D eigenvalue weighted by Crippen LogP contribution is -2.59. The molecule has 5 atom stereocenters. The Balaban J connectivity index is 1.86. The van der Waals surface area contributed by atoms with E-state index >= 15 is 0 Å². The maximum absolute atomic E-state index is 14.9. The van der Waals surface area contributed by atoms with Gasteiger partial charge in [-0.2, -0.15) is 0 Å². The van der Waals surface area contributed by atoms with Gasteiger partial charge in [0.05, 0.1) is 22.1 Å². The third-order valence-electron chi connectivity index (χ3n) is 8.82. The summed E-state index contributed by atoms with van der Waals surface area (Å²) in [6.45, 7) is 8.85. The topological polar surface area (TPSA) is 124 Å². The Labute approximate surface area is 287 Å². The summed E-state index contributed by atoms with van der Waals surface area (Å²) in [5, 5.41) is 0.496. The van der Waals surface area contributed by atoms with Crippen molar-refractivity contribution >= 4 is 54.8 Å². The maximum Gasteiger partial charge on any atom is 0.264 e. The summed E-state index contributed by atoms with van der Waals surface area (Å²) < 4.78 is 63.9. The lowest BCUT2D eigenvalue weighted by molar-refractivity contribution is -0.157. The smallest absolute Gasteiger partial charge is 0.264 e. The number of nitrogens with one attached hydrogen (secondary N) is 2. The zero-order valence-corrected chi connectivity index (χ0v) is 30.0. The fourth-order valence-electron chi connectivity index (χ4n) is 6.16. The number of amides is 2. The van der Waals surface area contributed by atoms with E-state index in [9.17, 15) is 26.6 Å². The van der Waals surface area contributed by atoms with Gasteiger partial charge in [-0.25, -0.2) is 21.7 Å². The summed E-state index contributed by atoms with van der Waals surface area (Å²) in [5.41, 5.74) is 0.120. The molecule has 0 aliphatic carbocycles. The predicted octanol–water partition coefficient (Wildman–Crippen LogP) is 7.57. The molecule has 1 heterocycles. The molecule has 0 saturated carbocycles. The number of piperidine rings is 1. The first-order chi connectivity index (χ1) is 21.8. The van der Waals surface area contributed by atoms with E-state index in [1.165, 1.54) is 0 Å². The fourth-order valence-corrected chi connectivity index (χ4v) is 8.91. The standard InChI is InChI=1S/C34H40Cl2FN3O5S2/c1-21(2)30(20-46(38,43)22(3)4)40-32(23-9-11-25(35)12-10-23)29(24-7-6-8-26(36)17-24)18-34(5,33(40)42)19-31(41)39-47(44,45)28-15-13-27(37)14-16-28/h6-17,21-22,29-30,32,38H,18-20H2,1-5H3,(H,39,41)/t29-,30-,32-,34-,46?/m1/s1. The van der Waals surface area contributed by atoms with Gasteiger partial charge in [0, 0.05) is 43.4 Å². The monoisotopic (exact) mass is 723 g/mol. The van der Waals surface area contributed by atoms with Crippen LogP contribution in [-0.2, 0) is 29.3 Å². The number of benzene rings is 3. The van der Waals surface area contributed by atoms with E-state index < -0.39 is 72.5 Å². The Morgan fingerprint density at radius 2 is 1.60 bits per heavy atom. The molecule has 2 amide bonds. The number of nitrogens with zero attached hydrogens (tertiary/aromatic N) is 1. The highest BCUT2D eigenvalue weighted by atomic mass is 35.5. The third kappa shape index (κ3) is 8.36. The van der Waals surface area contributed by atoms with Crippen LogP contribution in [0.2, 0.25) is 10.0 Å². The predicted molar refractivity (Wildman–Crippen MR) is 184 cm³/mol. The normalized spacial score (nSPS) is 22.3. The molecule has 4 rings (SSSR count). The summed E-state index contributed by atoms with van der Waals surface area (Å²) in [4.78, 5) is 29.8. The second-order valence-corrected chi connectivity index (χ2v) is 18.3. The third-order valence-corrected chi connectivity index (χ3v) is 13.1. The molecule has 0 spiro atoms. The van der Waals surface area contributed by atoms with Gasteiger partial charge in [0.25, 0.3) is 10.0 Å². The average molecular weight is 725 g/mol. The average Bonchev–Trinajstić information content (AvgIpc) is 2.97. The molecule has 1 aliphatic heterocycles. The Bertz CT molecular complexity index is 1840. The lowest BCUT2D eigenvalue weighted by atomic mass is 9.66. The van der Waals surface area contributed by atoms with E-state index in [-0.39, 0.29) is 23.0 Å². The molecule has 254 valence electrons. The van der Waals surface area contributed by atoms with Gasteiger partial charge in [0.2, 0.25) is 11.8 Å². The molecule has 0 aromatic heterocycles. The van der Waals surface area contributed by atoms with Crippen molar-refractivity contribution in [1.29, 1.82) is 4.78 Å². The zero-order chi connectivity index (χ0) is 34.9. The minimum Gasteiger partial charge on any atom is -0.330 e. The minimum absolute atomic E-state index is 0.0956. The largest absolute Gasteiger partial charge is 0.330 e. The number of rotatable bonds is 11. The molecule has 47 heavy (non-hydrogen) atoms. The van der Waals surface area contributed by atoms with E-state index in [0.29, 0.717) is 10.0 Å². The van der Waals surface area contributed by atoms with Crippen LogP contribution in [0.4, 0.5) is 4.39 Å². The number of carbonyl (C=O) groups excluding carboxylic acids is 2. The molecule has 1 fully saturated rings. The maximum atomic E-state index is 14.9. The van der Waals surface area contributed by atoms with Gasteiger partial charge in [-0.05, 0) is 72.0 Å². The Morgan fingerprint density at radius 3 is 2.15 bits per heavy atom. The van der Waals surface area contributed by atoms with Crippen molar-refractivity contribution in [3.05, 3.63) is 99.8 Å². The second-order valence-electron chi connectivity index (χ2n) is 13.0. The molecule has 3 aromatic carbocycles. The number of hydrogen-bond acceptors (Lipinski definition) is 6. The van der Waals surface area contributed by atoms with E-state index in [0.717, 1.165) is 35.4 Å². The van der Waals surface area contributed by atoms with Crippen LogP contribution in [0, 0.1) is 21.9 Å². The molecular weight excluding hydrogens is 684 g/mol. The van der Waals surface area contributed by atoms with Crippen molar-refractivity contribution in [3.63, 3.8) is 0 Å². The highest BCUT2D eigenvalue weighted by Crippen LogP contribution is 2.52. The molecule has 1 aliphatic rings. The molecule has 1 saturated heterocycles. The summed E-state index contributed by atoms with van der Waals surface area (Å²) in [6.07, 6.45) is -0.344. The van der Waals surface area contributed by atoms with Gasteiger partial charge in [0.1, 0.15) is 5.82 Å². The highest BCUT2D eigenvalue weighted by Gasteiger charge is 2.53. The van der Waals surface area contributed by atoms with Crippen LogP contribution in [0.1, 0.15) is 70.5 Å². The van der Waals surface area contributed by atoms with Crippen LogP contribution < -0.4 is 4.72 Å². The van der Waals surface area contributed by atoms with Crippen molar-refractivity contribution in [1.82, 2.24) is 9.62 Å². The van der Waals surface area contributed by atoms with Crippen molar-refractivity contribution in [2.75, 3.05) is 5.75 Å². The van der Waals surface area contributed by atoms with E-state index in [4.69, 9.17) is 28.0 Å². The molecule has 0 radical (unpaired) electrons. The molecule has 2 N–H and O–H groups in total. The lowest BCUT2D eigenvalue weighted by Gasteiger charge is -2.53. The first kappa shape index (κ1) is 36.8. The van der Waals surface area contributed by atoms with E-state index in [1.54, 1.807) is 56.0 Å². The molecule has 3 aromatic rings. The number of likely N-dealkylation sites (tertiary alicyclic amines) is 1. The SMILES string of the molecule is CC(C)[C@@H](CS(=N)(=O)C(C)C)N1C(=O)[C@@](C)(CC(=O)NS(=O)(=O)c2ccc(F)cc2)C[C@H](c2cccc(Cl)c2)[C@H]1c1ccc(Cl)cc1. The van der Waals surface area contributed by atoms with Crippen molar-refractivity contribution in [2.45, 2.75) is 75.6 Å². The van der Waals surface area contributed by atoms with Crippen LogP contribution in [0.15, 0.2) is 77.7 Å². The van der Waals surface area contributed by atoms with Crippen LogP contribution >= 0.6 is 23.2 Å². The van der Waals surface area contributed by atoms with Crippen molar-refractivity contribution < 1.29 is 26.6 Å². The number of hydrogen-bond donors (Lipinski definition) is 2. The molecule has 0 bridgehead atoms. The van der Waals surface area contributed by atoms with E-state index in [1.807, 2.05) is 36.8 Å². The summed E-state index contributed by atoms with van der Waals surface area (Å²) >= 11 is 12.7. The second kappa shape index (κ2) is 14.2. The molecule has 8 nitrogen and oxygen atoms in total. The van der Waals surface area contributed by atoms with Gasteiger partial charge in [0.15, 0.2) is 0 Å². The summed E-state index contributed by atoms with van der Waals surface area (Å²) in [5.74, 6) is -2.75. The van der Waals surface area contributed by atoms with Crippen LogP contribution in [0.3, 0.4) is 0 Å². The quantitative estimate of drug-likeness (QED) is 0.211. The first-order valence-corrected chi connectivity index (χ1v) is 19.3. The molecule has 13 heteroatoms. The Kier molecular flexibility index (Phi) is 11.2. The van der Waals surface area contributed by atoms with Gasteiger partial charge < -0.3 is 4.90 Å². The summed E-state index contributed by atoms with van der Waals surface area (Å²) in [6, 6.07) is 17.1. The first-order valence-electron chi connectivity index (χ1n) is 15.2. The number of carbonyl (C=O) groups is 2. The Morgan fingerprint density at radius 1 is 0.979 bits per heavy atom. The number of sulfonamides is 1. The van der Waals surface area contributed by atoms with Crippen LogP contribution in [0.25, 0.3) is 0 Å². The minimum atomic E-state index is -4.36. The molecular formula is C34H40Cl2FN3O5S2. The van der Waals surface area contributed by atoms with Gasteiger partial charge in [-0.1, -0.05) is 82.1 Å². The fraction of sp³-hybridized carbons (Fsp3) is 0.412. The van der Waals surface area contributed by atoms with Gasteiger partial charge >= 0.3 is 0 Å². The van der Waals surface area contributed by atoms with E-state index in [2.05, 4.69) is 0 Å². The zero-order valence-electron chi connectivity index (χ0n) is 26.9. The summed E-state index contributed by atoms with van der Waals surface area (Å²) in [7, 11) is -7.52. The Hall–Kier alpha value is -2.99. The van der Waals surface area contributed by atoms with Gasteiger partial charge in [-0.15, -0.1) is 0 Å². The van der Waals surface area contributed by atoms with Gasteiger partial charge in [-0.3, -0.25) is 14.4 Å². The molecule has 1 unspecified atom stereocenters. The highest BCUT2D eigenvalue weighted by molar-refractivity contribution is 7.93. The number of halogens is 3. The van der Waals surface area contributed by atoms with Crippen molar-refractivity contribution in [3.8, 4) is 0 Å². The van der Waals surface area contributed by atoms with Crippen molar-refractivity contribution in [2.24, 2.45) is 11.3 Å². The van der Waals surface area contributed by atoms with Crippen LogP contribution in [-0.4, -0.2) is 46.4 Å². The van der Waals surface area contributed by atoms with Crippen LogP contribution in [0.5, 0.6) is 0 Å².